The molecular formula is C23H45N2O9PS. The molecular weight excluding hydrogens is 511 g/mol. The van der Waals surface area contributed by atoms with Gasteiger partial charge in [0.05, 0.1) is 12.7 Å². The molecule has 0 aliphatic heterocycles. The summed E-state index contributed by atoms with van der Waals surface area (Å²) in [6.45, 7) is 4.67. The summed E-state index contributed by atoms with van der Waals surface area (Å²) in [5.74, 6) is -0.771. The SMILES string of the molecule is CCCCCCCCC[C@H](O)CC(=O)SCCNC(=O)CCNC(=O)[C@H](O)C(C)(C)COP(=O)(O)O. The van der Waals surface area contributed by atoms with Crippen molar-refractivity contribution < 1.29 is 43.5 Å². The number of phosphoric acid groups is 1. The summed E-state index contributed by atoms with van der Waals surface area (Å²) in [7, 11) is -4.73. The fraction of sp³-hybridized carbons (Fsp3) is 0.870. The Morgan fingerprint density at radius 2 is 1.58 bits per heavy atom. The van der Waals surface area contributed by atoms with Crippen molar-refractivity contribution in [2.75, 3.05) is 25.4 Å². The van der Waals surface area contributed by atoms with Crippen LogP contribution in [-0.4, -0.2) is 74.6 Å². The maximum atomic E-state index is 12.1. The molecule has 6 N–H and O–H groups in total. The first-order chi connectivity index (χ1) is 16.8. The number of carbonyl (C=O) groups is 3. The quantitative estimate of drug-likeness (QED) is 0.0906. The highest BCUT2D eigenvalue weighted by Crippen LogP contribution is 2.38. The van der Waals surface area contributed by atoms with Crippen LogP contribution in [0.5, 0.6) is 0 Å². The van der Waals surface area contributed by atoms with Crippen molar-refractivity contribution >= 4 is 36.5 Å². The number of nitrogens with one attached hydrogen (secondary N) is 2. The van der Waals surface area contributed by atoms with Crippen molar-refractivity contribution in [3.8, 4) is 0 Å². The Balaban J connectivity index is 3.92. The number of carbonyl (C=O) groups excluding carboxylic acids is 3. The van der Waals surface area contributed by atoms with Gasteiger partial charge in [0, 0.05) is 37.1 Å². The molecule has 0 aromatic heterocycles. The van der Waals surface area contributed by atoms with Gasteiger partial charge in [-0.1, -0.05) is 77.5 Å². The molecule has 0 bridgehead atoms. The average Bonchev–Trinajstić information content (AvgIpc) is 2.79. The molecule has 0 unspecified atom stereocenters. The van der Waals surface area contributed by atoms with Gasteiger partial charge in [-0.15, -0.1) is 0 Å². The summed E-state index contributed by atoms with van der Waals surface area (Å²) >= 11 is 1.06. The molecule has 36 heavy (non-hydrogen) atoms. The molecule has 0 aliphatic rings. The van der Waals surface area contributed by atoms with Crippen LogP contribution in [0.1, 0.15) is 85.0 Å². The fourth-order valence-corrected chi connectivity index (χ4v) is 4.46. The summed E-state index contributed by atoms with van der Waals surface area (Å²) in [5, 5.41) is 25.0. The minimum atomic E-state index is -4.73. The second-order valence-electron chi connectivity index (χ2n) is 9.53. The van der Waals surface area contributed by atoms with E-state index in [9.17, 15) is 29.2 Å². The molecule has 0 saturated heterocycles. The number of aliphatic hydroxyl groups is 2. The fourth-order valence-electron chi connectivity index (χ4n) is 3.21. The van der Waals surface area contributed by atoms with Gasteiger partial charge >= 0.3 is 7.82 Å². The number of phosphoric ester groups is 1. The molecule has 0 fully saturated rings. The predicted octanol–water partition coefficient (Wildman–Crippen LogP) is 2.26. The lowest BCUT2D eigenvalue weighted by Crippen LogP contribution is -2.46. The highest BCUT2D eigenvalue weighted by atomic mass is 32.2. The van der Waals surface area contributed by atoms with Gasteiger partial charge in [-0.25, -0.2) is 4.57 Å². The van der Waals surface area contributed by atoms with Crippen LogP contribution in [0.25, 0.3) is 0 Å². The Morgan fingerprint density at radius 3 is 2.19 bits per heavy atom. The van der Waals surface area contributed by atoms with E-state index in [0.717, 1.165) is 31.0 Å². The number of unbranched alkanes of at least 4 members (excludes halogenated alkanes) is 6. The van der Waals surface area contributed by atoms with Gasteiger partial charge in [-0.3, -0.25) is 18.9 Å². The Morgan fingerprint density at radius 1 is 0.972 bits per heavy atom. The molecule has 2 atom stereocenters. The van der Waals surface area contributed by atoms with Gasteiger partial charge in [0.15, 0.2) is 5.12 Å². The predicted molar refractivity (Wildman–Crippen MR) is 139 cm³/mol. The highest BCUT2D eigenvalue weighted by Gasteiger charge is 2.35. The Bertz CT molecular complexity index is 703. The summed E-state index contributed by atoms with van der Waals surface area (Å²) in [6, 6.07) is 0. The van der Waals surface area contributed by atoms with Gasteiger partial charge in [-0.2, -0.15) is 0 Å². The lowest BCUT2D eigenvalue weighted by atomic mass is 9.87. The third kappa shape index (κ3) is 19.1. The minimum Gasteiger partial charge on any atom is -0.393 e. The summed E-state index contributed by atoms with van der Waals surface area (Å²) in [5.41, 5.74) is -1.26. The number of amides is 2. The number of hydrogen-bond acceptors (Lipinski definition) is 8. The van der Waals surface area contributed by atoms with Gasteiger partial charge in [-0.05, 0) is 6.42 Å². The first-order valence-corrected chi connectivity index (χ1v) is 15.1. The van der Waals surface area contributed by atoms with Crippen LogP contribution in [0.4, 0.5) is 0 Å². The van der Waals surface area contributed by atoms with Gasteiger partial charge in [0.1, 0.15) is 6.10 Å². The van der Waals surface area contributed by atoms with Crippen molar-refractivity contribution in [3.05, 3.63) is 0 Å². The molecule has 13 heteroatoms. The molecule has 0 aliphatic carbocycles. The van der Waals surface area contributed by atoms with Crippen molar-refractivity contribution in [1.82, 2.24) is 10.6 Å². The van der Waals surface area contributed by atoms with Crippen molar-refractivity contribution in [1.29, 1.82) is 0 Å². The summed E-state index contributed by atoms with van der Waals surface area (Å²) < 4.78 is 15.2. The van der Waals surface area contributed by atoms with Gasteiger partial charge in [0.2, 0.25) is 11.8 Å². The van der Waals surface area contributed by atoms with Crippen molar-refractivity contribution in [2.45, 2.75) is 97.2 Å². The molecule has 212 valence electrons. The minimum absolute atomic E-state index is 0.0476. The zero-order valence-electron chi connectivity index (χ0n) is 21.7. The number of rotatable bonds is 21. The van der Waals surface area contributed by atoms with E-state index >= 15 is 0 Å². The molecule has 0 radical (unpaired) electrons. The third-order valence-electron chi connectivity index (χ3n) is 5.48. The lowest BCUT2D eigenvalue weighted by Gasteiger charge is -2.29. The molecule has 11 nitrogen and oxygen atoms in total. The Hall–Kier alpha value is -1.01. The van der Waals surface area contributed by atoms with Crippen LogP contribution in [0.3, 0.4) is 0 Å². The van der Waals surface area contributed by atoms with Gasteiger partial charge < -0.3 is 30.6 Å². The van der Waals surface area contributed by atoms with Crippen molar-refractivity contribution in [2.24, 2.45) is 5.41 Å². The van der Waals surface area contributed by atoms with Crippen LogP contribution in [0.2, 0.25) is 0 Å². The van der Waals surface area contributed by atoms with Crippen LogP contribution in [-0.2, 0) is 23.5 Å². The topological polar surface area (TPSA) is 182 Å². The number of thioether (sulfide) groups is 1. The Kier molecular flexibility index (Phi) is 18.6. The van der Waals surface area contributed by atoms with E-state index < -0.39 is 38.0 Å². The molecule has 0 rings (SSSR count). The molecule has 2 amide bonds. The molecule has 0 heterocycles. The second-order valence-corrected chi connectivity index (χ2v) is 11.9. The Labute approximate surface area is 218 Å². The standard InChI is InChI=1S/C23H45N2O9PS/c1-4-5-6-7-8-9-10-11-18(26)16-20(28)36-15-14-24-19(27)12-13-25-22(30)21(29)23(2,3)17-34-35(31,32)33/h18,21,26,29H,4-17H2,1-3H3,(H,24,27)(H,25,30)(H2,31,32,33)/t18-,21-/m0/s1. The third-order valence-corrected chi connectivity index (χ3v) is 6.84. The lowest BCUT2D eigenvalue weighted by molar-refractivity contribution is -0.137. The first-order valence-electron chi connectivity index (χ1n) is 12.5. The highest BCUT2D eigenvalue weighted by molar-refractivity contribution is 8.13. The van der Waals surface area contributed by atoms with E-state index in [2.05, 4.69) is 22.1 Å². The van der Waals surface area contributed by atoms with E-state index in [4.69, 9.17) is 9.79 Å². The smallest absolute Gasteiger partial charge is 0.393 e. The zero-order chi connectivity index (χ0) is 27.6. The average molecular weight is 557 g/mol. The largest absolute Gasteiger partial charge is 0.469 e. The van der Waals surface area contributed by atoms with Crippen LogP contribution in [0, 0.1) is 5.41 Å². The van der Waals surface area contributed by atoms with E-state index in [-0.39, 0.29) is 37.0 Å². The van der Waals surface area contributed by atoms with E-state index in [1.165, 1.54) is 39.5 Å². The normalized spacial score (nSPS) is 13.8. The van der Waals surface area contributed by atoms with E-state index in [0.29, 0.717) is 12.2 Å². The first kappa shape index (κ1) is 35.0. The van der Waals surface area contributed by atoms with Crippen LogP contribution >= 0.6 is 19.6 Å². The van der Waals surface area contributed by atoms with Gasteiger partial charge in [0.25, 0.3) is 0 Å². The maximum absolute atomic E-state index is 12.1. The second kappa shape index (κ2) is 19.1. The molecule has 0 aromatic carbocycles. The summed E-state index contributed by atoms with van der Waals surface area (Å²) in [6.07, 6.45) is 6.50. The number of hydrogen-bond donors (Lipinski definition) is 6. The summed E-state index contributed by atoms with van der Waals surface area (Å²) in [4.78, 5) is 53.4. The monoisotopic (exact) mass is 556 g/mol. The van der Waals surface area contributed by atoms with Crippen LogP contribution < -0.4 is 10.6 Å². The van der Waals surface area contributed by atoms with Crippen molar-refractivity contribution in [3.63, 3.8) is 0 Å². The van der Waals surface area contributed by atoms with E-state index in [1.54, 1.807) is 0 Å². The molecule has 0 spiro atoms. The molecule has 0 saturated carbocycles. The number of aliphatic hydroxyl groups excluding tert-OH is 2. The zero-order valence-corrected chi connectivity index (χ0v) is 23.5. The maximum Gasteiger partial charge on any atom is 0.469 e. The van der Waals surface area contributed by atoms with Crippen LogP contribution in [0.15, 0.2) is 0 Å². The molecule has 0 aromatic rings. The van der Waals surface area contributed by atoms with E-state index in [1.807, 2.05) is 0 Å².